The number of allylic oxidation sites excluding steroid dienone is 1. The van der Waals surface area contributed by atoms with Crippen LogP contribution >= 0.6 is 0 Å². The molecular weight excluding hydrogens is 314 g/mol. The number of hydrogen-bond donors (Lipinski definition) is 1. The van der Waals surface area contributed by atoms with E-state index in [4.69, 9.17) is 14.3 Å². The van der Waals surface area contributed by atoms with Crippen LogP contribution in [0.2, 0.25) is 0 Å². The van der Waals surface area contributed by atoms with E-state index in [1.54, 1.807) is 6.08 Å². The zero-order valence-electron chi connectivity index (χ0n) is 14.4. The van der Waals surface area contributed by atoms with Gasteiger partial charge >= 0.3 is 0 Å². The molecule has 4 heteroatoms. The van der Waals surface area contributed by atoms with Gasteiger partial charge in [-0.15, -0.1) is 0 Å². The van der Waals surface area contributed by atoms with Crippen LogP contribution in [0.1, 0.15) is 23.9 Å². The van der Waals surface area contributed by atoms with Crippen LogP contribution in [0.25, 0.3) is 17.0 Å². The van der Waals surface area contributed by atoms with Crippen molar-refractivity contribution in [3.63, 3.8) is 0 Å². The van der Waals surface area contributed by atoms with Crippen molar-refractivity contribution in [2.75, 3.05) is 6.61 Å². The molecule has 0 aliphatic rings. The van der Waals surface area contributed by atoms with E-state index >= 15 is 0 Å². The molecule has 3 rings (SSSR count). The number of nitrogens with zero attached hydrogens (tertiary/aromatic N) is 1. The smallest absolute Gasteiger partial charge is 0.226 e. The Morgan fingerprint density at radius 1 is 1.16 bits per heavy atom. The first-order valence-corrected chi connectivity index (χ1v) is 8.20. The largest absolute Gasteiger partial charge is 0.487 e. The van der Waals surface area contributed by atoms with Crippen LogP contribution in [-0.4, -0.2) is 16.7 Å². The van der Waals surface area contributed by atoms with Crippen molar-refractivity contribution in [2.45, 2.75) is 20.5 Å². The molecule has 0 radical (unpaired) electrons. The summed E-state index contributed by atoms with van der Waals surface area (Å²) in [6.07, 6.45) is 1.77. The molecule has 128 valence electrons. The Balaban J connectivity index is 1.73. The lowest BCUT2D eigenvalue weighted by Gasteiger charge is -2.07. The predicted molar refractivity (Wildman–Crippen MR) is 98.2 cm³/mol. The molecule has 4 nitrogen and oxygen atoms in total. The van der Waals surface area contributed by atoms with Crippen LogP contribution in [0.3, 0.4) is 0 Å². The average Bonchev–Trinajstić information content (AvgIpc) is 3.02. The fraction of sp³-hybridized carbons (Fsp3) is 0.190. The summed E-state index contributed by atoms with van der Waals surface area (Å²) in [5.41, 5.74) is 3.76. The lowest BCUT2D eigenvalue weighted by molar-refractivity contribution is 0.299. The van der Waals surface area contributed by atoms with Gasteiger partial charge in [-0.3, -0.25) is 0 Å². The topological polar surface area (TPSA) is 55.5 Å². The van der Waals surface area contributed by atoms with E-state index in [-0.39, 0.29) is 6.61 Å². The monoisotopic (exact) mass is 335 g/mol. The highest BCUT2D eigenvalue weighted by Gasteiger charge is 2.12. The molecule has 0 spiro atoms. The van der Waals surface area contributed by atoms with Gasteiger partial charge in [0.15, 0.2) is 0 Å². The van der Waals surface area contributed by atoms with Gasteiger partial charge in [-0.25, -0.2) is 4.98 Å². The molecule has 0 amide bonds. The van der Waals surface area contributed by atoms with Crippen molar-refractivity contribution in [3.05, 3.63) is 77.7 Å². The second-order valence-electron chi connectivity index (χ2n) is 5.77. The third kappa shape index (κ3) is 4.17. The van der Waals surface area contributed by atoms with Crippen LogP contribution in [0.15, 0.2) is 65.1 Å². The van der Waals surface area contributed by atoms with Gasteiger partial charge < -0.3 is 14.3 Å². The molecule has 0 unspecified atom stereocenters. The minimum absolute atomic E-state index is 0.0251. The highest BCUT2D eigenvalue weighted by molar-refractivity contribution is 5.64. The van der Waals surface area contributed by atoms with Crippen LogP contribution in [0, 0.1) is 6.92 Å². The first-order valence-electron chi connectivity index (χ1n) is 8.20. The van der Waals surface area contributed by atoms with Crippen molar-refractivity contribution in [1.29, 1.82) is 0 Å². The van der Waals surface area contributed by atoms with Gasteiger partial charge in [0.25, 0.3) is 0 Å². The molecule has 0 aliphatic carbocycles. The summed E-state index contributed by atoms with van der Waals surface area (Å²) in [4.78, 5) is 4.55. The molecule has 1 aromatic heterocycles. The third-order valence-electron chi connectivity index (χ3n) is 3.98. The first kappa shape index (κ1) is 17.0. The number of aliphatic hydroxyl groups excluding tert-OH is 1. The summed E-state index contributed by atoms with van der Waals surface area (Å²) in [6, 6.07) is 17.6. The summed E-state index contributed by atoms with van der Waals surface area (Å²) >= 11 is 0. The molecule has 0 aliphatic heterocycles. The zero-order chi connectivity index (χ0) is 17.6. The fourth-order valence-corrected chi connectivity index (χ4v) is 2.50. The second kappa shape index (κ2) is 7.81. The number of oxazole rings is 1. The Labute approximate surface area is 147 Å². The number of aliphatic hydroxyl groups is 1. The lowest BCUT2D eigenvalue weighted by atomic mass is 10.1. The molecule has 25 heavy (non-hydrogen) atoms. The van der Waals surface area contributed by atoms with E-state index < -0.39 is 0 Å². The van der Waals surface area contributed by atoms with Crippen LogP contribution in [0.4, 0.5) is 0 Å². The summed E-state index contributed by atoms with van der Waals surface area (Å²) in [5, 5.41) is 9.02. The molecular formula is C21H21NO3. The van der Waals surface area contributed by atoms with E-state index in [9.17, 15) is 0 Å². The minimum atomic E-state index is 0.0251. The molecule has 1 heterocycles. The highest BCUT2D eigenvalue weighted by Crippen LogP contribution is 2.24. The number of hydrogen-bond acceptors (Lipinski definition) is 4. The van der Waals surface area contributed by atoms with E-state index in [1.807, 2.05) is 68.4 Å². The number of ether oxygens (including phenoxy) is 1. The molecule has 0 saturated carbocycles. The van der Waals surface area contributed by atoms with Gasteiger partial charge in [0.05, 0.1) is 6.61 Å². The maximum Gasteiger partial charge on any atom is 0.226 e. The maximum atomic E-state index is 9.02. The first-order chi connectivity index (χ1) is 12.2. The minimum Gasteiger partial charge on any atom is -0.487 e. The number of rotatable bonds is 6. The summed E-state index contributed by atoms with van der Waals surface area (Å²) in [5.74, 6) is 2.12. The molecule has 1 N–H and O–H groups in total. The van der Waals surface area contributed by atoms with E-state index in [0.717, 1.165) is 33.9 Å². The number of aromatic nitrogens is 1. The van der Waals surface area contributed by atoms with Crippen molar-refractivity contribution in [1.82, 2.24) is 4.98 Å². The quantitative estimate of drug-likeness (QED) is 0.714. The van der Waals surface area contributed by atoms with Gasteiger partial charge in [-0.05, 0) is 49.2 Å². The van der Waals surface area contributed by atoms with Crippen LogP contribution in [0.5, 0.6) is 5.75 Å². The summed E-state index contributed by atoms with van der Waals surface area (Å²) in [7, 11) is 0. The SMILES string of the molecule is CC(=CCO)c1cccc(OCc2nc(-c3ccccc3)oc2C)c1. The van der Waals surface area contributed by atoms with Crippen LogP contribution < -0.4 is 4.74 Å². The lowest BCUT2D eigenvalue weighted by Crippen LogP contribution is -1.98. The Kier molecular flexibility index (Phi) is 5.31. The highest BCUT2D eigenvalue weighted by atomic mass is 16.5. The van der Waals surface area contributed by atoms with Gasteiger partial charge in [0.2, 0.25) is 5.89 Å². The molecule has 0 bridgehead atoms. The Morgan fingerprint density at radius 2 is 1.96 bits per heavy atom. The van der Waals surface area contributed by atoms with Gasteiger partial charge in [0.1, 0.15) is 23.8 Å². The second-order valence-corrected chi connectivity index (χ2v) is 5.77. The Hall–Kier alpha value is -2.85. The van der Waals surface area contributed by atoms with Crippen LogP contribution in [-0.2, 0) is 6.61 Å². The fourth-order valence-electron chi connectivity index (χ4n) is 2.50. The van der Waals surface area contributed by atoms with E-state index in [2.05, 4.69) is 4.98 Å². The van der Waals surface area contributed by atoms with Crippen molar-refractivity contribution < 1.29 is 14.3 Å². The number of benzene rings is 2. The molecule has 2 aromatic carbocycles. The molecule has 0 fully saturated rings. The Bertz CT molecular complexity index is 866. The standard InChI is InChI=1S/C21H21NO3/c1-15(11-12-23)18-9-6-10-19(13-18)24-14-20-16(2)25-21(22-20)17-7-4-3-5-8-17/h3-11,13,23H,12,14H2,1-2H3. The van der Waals surface area contributed by atoms with Crippen molar-refractivity contribution >= 4 is 5.57 Å². The van der Waals surface area contributed by atoms with Crippen molar-refractivity contribution in [2.24, 2.45) is 0 Å². The van der Waals surface area contributed by atoms with Gasteiger partial charge in [-0.2, -0.15) is 0 Å². The average molecular weight is 335 g/mol. The van der Waals surface area contributed by atoms with Gasteiger partial charge in [0, 0.05) is 5.56 Å². The van der Waals surface area contributed by atoms with Gasteiger partial charge in [-0.1, -0.05) is 36.4 Å². The maximum absolute atomic E-state index is 9.02. The summed E-state index contributed by atoms with van der Waals surface area (Å²) in [6.45, 7) is 4.22. The van der Waals surface area contributed by atoms with E-state index in [1.165, 1.54) is 0 Å². The molecule has 0 saturated heterocycles. The predicted octanol–water partition coefficient (Wildman–Crippen LogP) is 4.62. The zero-order valence-corrected chi connectivity index (χ0v) is 14.4. The third-order valence-corrected chi connectivity index (χ3v) is 3.98. The Morgan fingerprint density at radius 3 is 2.72 bits per heavy atom. The normalized spacial score (nSPS) is 11.6. The molecule has 0 atom stereocenters. The summed E-state index contributed by atoms with van der Waals surface area (Å²) < 4.78 is 11.6. The number of aryl methyl sites for hydroxylation is 1. The van der Waals surface area contributed by atoms with E-state index in [0.29, 0.717) is 12.5 Å². The molecule has 3 aromatic rings. The van der Waals surface area contributed by atoms with Crippen molar-refractivity contribution in [3.8, 4) is 17.2 Å².